The quantitative estimate of drug-likeness (QED) is 0.380. The molecule has 0 atom stereocenters. The number of carbonyl (C=O) groups excluding carboxylic acids is 1. The number of halogens is 1. The molecule has 0 aliphatic carbocycles. The molecule has 5 nitrogen and oxygen atoms in total. The molecule has 3 aromatic carbocycles. The molecule has 164 valence electrons. The zero-order valence-electron chi connectivity index (χ0n) is 18.5. The highest BCUT2D eigenvalue weighted by Crippen LogP contribution is 2.31. The van der Waals surface area contributed by atoms with Crippen LogP contribution in [0.15, 0.2) is 60.7 Å². The van der Waals surface area contributed by atoms with Gasteiger partial charge in [0.05, 0.1) is 14.2 Å². The number of benzene rings is 3. The van der Waals surface area contributed by atoms with Crippen molar-refractivity contribution in [1.29, 1.82) is 0 Å². The minimum atomic E-state index is -0.179. The number of aryl methyl sites for hydroxylation is 1. The van der Waals surface area contributed by atoms with Crippen LogP contribution in [0.25, 0.3) is 10.9 Å². The van der Waals surface area contributed by atoms with Crippen molar-refractivity contribution >= 4 is 34.1 Å². The van der Waals surface area contributed by atoms with Crippen LogP contribution in [0.5, 0.6) is 11.5 Å². The van der Waals surface area contributed by atoms with Gasteiger partial charge in [0.15, 0.2) is 11.5 Å². The Morgan fingerprint density at radius 1 is 0.938 bits per heavy atom. The SMILES string of the molecule is COc1ccc(NC(=O)c2ccc3c(c2)c(C)c(C)n3Cc2ccc(Cl)cc2)cc1OC. The molecule has 1 aromatic heterocycles. The normalized spacial score (nSPS) is 10.9. The minimum absolute atomic E-state index is 0.179. The van der Waals surface area contributed by atoms with Crippen molar-refractivity contribution in [3.8, 4) is 11.5 Å². The van der Waals surface area contributed by atoms with Crippen LogP contribution in [0.1, 0.15) is 27.2 Å². The number of hydrogen-bond acceptors (Lipinski definition) is 3. The van der Waals surface area contributed by atoms with Gasteiger partial charge in [-0.05, 0) is 67.4 Å². The third-order valence-electron chi connectivity index (χ3n) is 5.80. The Balaban J connectivity index is 1.63. The van der Waals surface area contributed by atoms with E-state index >= 15 is 0 Å². The van der Waals surface area contributed by atoms with Crippen LogP contribution in [0.4, 0.5) is 5.69 Å². The van der Waals surface area contributed by atoms with Crippen molar-refractivity contribution in [2.24, 2.45) is 0 Å². The largest absolute Gasteiger partial charge is 0.493 e. The lowest BCUT2D eigenvalue weighted by molar-refractivity contribution is 0.102. The lowest BCUT2D eigenvalue weighted by Gasteiger charge is -2.11. The molecule has 0 saturated carbocycles. The Morgan fingerprint density at radius 3 is 2.34 bits per heavy atom. The predicted octanol–water partition coefficient (Wildman–Crippen LogP) is 6.23. The van der Waals surface area contributed by atoms with Gasteiger partial charge in [-0.3, -0.25) is 4.79 Å². The smallest absolute Gasteiger partial charge is 0.255 e. The Bertz CT molecular complexity index is 1290. The van der Waals surface area contributed by atoms with E-state index in [0.29, 0.717) is 22.7 Å². The number of nitrogens with one attached hydrogen (secondary N) is 1. The number of fused-ring (bicyclic) bond motifs is 1. The summed E-state index contributed by atoms with van der Waals surface area (Å²) in [4.78, 5) is 12.9. The number of nitrogens with zero attached hydrogens (tertiary/aromatic N) is 1. The van der Waals surface area contributed by atoms with E-state index in [9.17, 15) is 4.79 Å². The van der Waals surface area contributed by atoms with E-state index in [-0.39, 0.29) is 5.91 Å². The number of anilines is 1. The predicted molar refractivity (Wildman–Crippen MR) is 129 cm³/mol. The molecule has 32 heavy (non-hydrogen) atoms. The molecule has 1 heterocycles. The second-order valence-corrected chi connectivity index (χ2v) is 8.12. The first-order valence-corrected chi connectivity index (χ1v) is 10.7. The summed E-state index contributed by atoms with van der Waals surface area (Å²) in [7, 11) is 3.14. The molecule has 0 saturated heterocycles. The zero-order valence-corrected chi connectivity index (χ0v) is 19.3. The maximum atomic E-state index is 12.9. The zero-order chi connectivity index (χ0) is 22.8. The minimum Gasteiger partial charge on any atom is -0.493 e. The molecule has 0 radical (unpaired) electrons. The van der Waals surface area contributed by atoms with Crippen LogP contribution in [0.2, 0.25) is 5.02 Å². The first-order valence-electron chi connectivity index (χ1n) is 10.3. The van der Waals surface area contributed by atoms with Crippen molar-refractivity contribution in [2.75, 3.05) is 19.5 Å². The lowest BCUT2D eigenvalue weighted by atomic mass is 10.1. The Morgan fingerprint density at radius 2 is 1.66 bits per heavy atom. The highest BCUT2D eigenvalue weighted by molar-refractivity contribution is 6.30. The summed E-state index contributed by atoms with van der Waals surface area (Å²) < 4.78 is 12.8. The van der Waals surface area contributed by atoms with Crippen molar-refractivity contribution < 1.29 is 14.3 Å². The third kappa shape index (κ3) is 4.16. The molecule has 4 rings (SSSR count). The first-order chi connectivity index (χ1) is 15.4. The highest BCUT2D eigenvalue weighted by Gasteiger charge is 2.15. The van der Waals surface area contributed by atoms with Crippen LogP contribution in [0, 0.1) is 13.8 Å². The maximum Gasteiger partial charge on any atom is 0.255 e. The van der Waals surface area contributed by atoms with Gasteiger partial charge in [0.2, 0.25) is 0 Å². The molecule has 0 aliphatic rings. The molecule has 0 unspecified atom stereocenters. The van der Waals surface area contributed by atoms with E-state index in [4.69, 9.17) is 21.1 Å². The van der Waals surface area contributed by atoms with E-state index < -0.39 is 0 Å². The molecule has 1 amide bonds. The molecular formula is C26H25ClN2O3. The van der Waals surface area contributed by atoms with Gasteiger partial charge in [0.25, 0.3) is 5.91 Å². The van der Waals surface area contributed by atoms with Crippen LogP contribution in [0.3, 0.4) is 0 Å². The fourth-order valence-electron chi connectivity index (χ4n) is 3.88. The molecule has 6 heteroatoms. The lowest BCUT2D eigenvalue weighted by Crippen LogP contribution is -2.12. The maximum absolute atomic E-state index is 12.9. The van der Waals surface area contributed by atoms with Gasteiger partial charge in [0, 0.05) is 45.5 Å². The molecule has 4 aromatic rings. The van der Waals surface area contributed by atoms with Crippen LogP contribution in [-0.4, -0.2) is 24.7 Å². The Labute approximate surface area is 192 Å². The summed E-state index contributed by atoms with van der Waals surface area (Å²) in [6.45, 7) is 4.94. The Hall–Kier alpha value is -3.44. The molecule has 1 N–H and O–H groups in total. The number of rotatable bonds is 6. The van der Waals surface area contributed by atoms with Crippen LogP contribution >= 0.6 is 11.6 Å². The fourth-order valence-corrected chi connectivity index (χ4v) is 4.01. The number of hydrogen-bond donors (Lipinski definition) is 1. The van der Waals surface area contributed by atoms with Gasteiger partial charge in [0.1, 0.15) is 0 Å². The second-order valence-electron chi connectivity index (χ2n) is 7.68. The third-order valence-corrected chi connectivity index (χ3v) is 6.05. The number of carbonyl (C=O) groups is 1. The van der Waals surface area contributed by atoms with E-state index in [0.717, 1.165) is 28.0 Å². The van der Waals surface area contributed by atoms with E-state index in [1.54, 1.807) is 32.4 Å². The van der Waals surface area contributed by atoms with Gasteiger partial charge in [-0.1, -0.05) is 23.7 Å². The molecule has 0 fully saturated rings. The van der Waals surface area contributed by atoms with E-state index in [1.165, 1.54) is 11.3 Å². The second kappa shape index (κ2) is 8.97. The van der Waals surface area contributed by atoms with Crippen molar-refractivity contribution in [3.63, 3.8) is 0 Å². The van der Waals surface area contributed by atoms with Gasteiger partial charge in [-0.25, -0.2) is 0 Å². The number of amides is 1. The monoisotopic (exact) mass is 448 g/mol. The van der Waals surface area contributed by atoms with Gasteiger partial charge in [-0.2, -0.15) is 0 Å². The highest BCUT2D eigenvalue weighted by atomic mass is 35.5. The summed E-state index contributed by atoms with van der Waals surface area (Å²) in [5.74, 6) is 0.994. The van der Waals surface area contributed by atoms with E-state index in [2.05, 4.69) is 23.7 Å². The van der Waals surface area contributed by atoms with Gasteiger partial charge >= 0.3 is 0 Å². The fraction of sp³-hybridized carbons (Fsp3) is 0.192. The molecule has 0 bridgehead atoms. The van der Waals surface area contributed by atoms with E-state index in [1.807, 2.05) is 42.5 Å². The summed E-state index contributed by atoms with van der Waals surface area (Å²) in [5, 5.41) is 4.73. The summed E-state index contributed by atoms with van der Waals surface area (Å²) in [5.41, 5.74) is 5.84. The summed E-state index contributed by atoms with van der Waals surface area (Å²) in [6, 6.07) is 19.0. The summed E-state index contributed by atoms with van der Waals surface area (Å²) >= 11 is 6.02. The van der Waals surface area contributed by atoms with Gasteiger partial charge < -0.3 is 19.4 Å². The standard InChI is InChI=1S/C26H25ClN2O3/c1-16-17(2)29(15-18-5-8-20(27)9-6-18)23-11-7-19(13-22(16)23)26(30)28-21-10-12-24(31-3)25(14-21)32-4/h5-14H,15H2,1-4H3,(H,28,30). The number of aromatic nitrogens is 1. The average molecular weight is 449 g/mol. The van der Waals surface area contributed by atoms with Crippen molar-refractivity contribution in [1.82, 2.24) is 4.57 Å². The van der Waals surface area contributed by atoms with Gasteiger partial charge in [-0.15, -0.1) is 0 Å². The van der Waals surface area contributed by atoms with Crippen LogP contribution in [-0.2, 0) is 6.54 Å². The van der Waals surface area contributed by atoms with Crippen molar-refractivity contribution in [2.45, 2.75) is 20.4 Å². The molecule has 0 aliphatic heterocycles. The topological polar surface area (TPSA) is 52.5 Å². The number of ether oxygens (including phenoxy) is 2. The average Bonchev–Trinajstić information content (AvgIpc) is 3.04. The summed E-state index contributed by atoms with van der Waals surface area (Å²) in [6.07, 6.45) is 0. The van der Waals surface area contributed by atoms with Crippen molar-refractivity contribution in [3.05, 3.63) is 88.1 Å². The Kier molecular flexibility index (Phi) is 6.10. The molecular weight excluding hydrogens is 424 g/mol. The molecule has 0 spiro atoms. The first kappa shape index (κ1) is 21.8. The number of methoxy groups -OCH3 is 2. The van der Waals surface area contributed by atoms with Crippen LogP contribution < -0.4 is 14.8 Å².